The lowest BCUT2D eigenvalue weighted by Crippen LogP contribution is -2.43. The summed E-state index contributed by atoms with van der Waals surface area (Å²) in [6, 6.07) is 1.94. The quantitative estimate of drug-likeness (QED) is 0.704. The van der Waals surface area contributed by atoms with E-state index in [1.54, 1.807) is 22.2 Å². The molecule has 0 spiro atoms. The second kappa shape index (κ2) is 6.84. The second-order valence-electron chi connectivity index (χ2n) is 6.00. The summed E-state index contributed by atoms with van der Waals surface area (Å²) in [6.07, 6.45) is 7.81. The summed E-state index contributed by atoms with van der Waals surface area (Å²) in [5.41, 5.74) is 2.19. The number of nitrogens with zero attached hydrogens (tertiary/aromatic N) is 6. The van der Waals surface area contributed by atoms with Crippen molar-refractivity contribution in [3.05, 3.63) is 41.9 Å². The maximum atomic E-state index is 5.87. The van der Waals surface area contributed by atoms with Crippen molar-refractivity contribution in [1.29, 1.82) is 0 Å². The molecule has 0 N–H and O–H groups in total. The van der Waals surface area contributed by atoms with Crippen molar-refractivity contribution in [3.63, 3.8) is 0 Å². The van der Waals surface area contributed by atoms with Crippen molar-refractivity contribution >= 4 is 11.3 Å². The SMILES string of the molecule is Cn1cc(-c2nc(CN3CCOC(Cn4cccn4)C3)cs2)cn1. The third kappa shape index (κ3) is 3.55. The minimum absolute atomic E-state index is 0.176. The monoisotopic (exact) mass is 344 g/mol. The van der Waals surface area contributed by atoms with Crippen molar-refractivity contribution in [2.45, 2.75) is 19.2 Å². The summed E-state index contributed by atoms with van der Waals surface area (Å²) in [5, 5.41) is 11.6. The third-order valence-corrected chi connectivity index (χ3v) is 5.00. The van der Waals surface area contributed by atoms with Gasteiger partial charge in [0.1, 0.15) is 5.01 Å². The maximum absolute atomic E-state index is 5.87. The highest BCUT2D eigenvalue weighted by Gasteiger charge is 2.22. The number of hydrogen-bond acceptors (Lipinski definition) is 6. The summed E-state index contributed by atoms with van der Waals surface area (Å²) in [6.45, 7) is 4.25. The van der Waals surface area contributed by atoms with E-state index >= 15 is 0 Å². The Labute approximate surface area is 144 Å². The Morgan fingerprint density at radius 3 is 3.12 bits per heavy atom. The molecule has 1 aliphatic rings. The lowest BCUT2D eigenvalue weighted by molar-refractivity contribution is -0.0405. The summed E-state index contributed by atoms with van der Waals surface area (Å²) in [7, 11) is 1.92. The van der Waals surface area contributed by atoms with Gasteiger partial charge in [-0.05, 0) is 6.07 Å². The van der Waals surface area contributed by atoms with Gasteiger partial charge < -0.3 is 4.74 Å². The summed E-state index contributed by atoms with van der Waals surface area (Å²) < 4.78 is 9.60. The molecule has 0 saturated carbocycles. The highest BCUT2D eigenvalue weighted by Crippen LogP contribution is 2.24. The molecule has 0 aliphatic carbocycles. The molecule has 126 valence electrons. The van der Waals surface area contributed by atoms with Gasteiger partial charge in [0.25, 0.3) is 0 Å². The molecule has 8 heteroatoms. The van der Waals surface area contributed by atoms with E-state index in [2.05, 4.69) is 20.5 Å². The number of ether oxygens (including phenoxy) is 1. The normalized spacial score (nSPS) is 19.0. The van der Waals surface area contributed by atoms with Crippen LogP contribution in [0.25, 0.3) is 10.6 Å². The molecule has 0 bridgehead atoms. The maximum Gasteiger partial charge on any atom is 0.126 e. The molecule has 1 aliphatic heterocycles. The predicted octanol–water partition coefficient (Wildman–Crippen LogP) is 1.64. The smallest absolute Gasteiger partial charge is 0.126 e. The van der Waals surface area contributed by atoms with Gasteiger partial charge in [-0.2, -0.15) is 10.2 Å². The Hall–Kier alpha value is -2.03. The molecule has 4 rings (SSSR count). The molecule has 0 aromatic carbocycles. The van der Waals surface area contributed by atoms with E-state index in [9.17, 15) is 0 Å². The van der Waals surface area contributed by atoms with Crippen molar-refractivity contribution < 1.29 is 4.74 Å². The molecule has 1 saturated heterocycles. The molecular weight excluding hydrogens is 324 g/mol. The molecule has 1 atom stereocenters. The fraction of sp³-hybridized carbons (Fsp3) is 0.438. The molecule has 3 aromatic heterocycles. The zero-order valence-corrected chi connectivity index (χ0v) is 14.4. The number of aryl methyl sites for hydroxylation is 1. The van der Waals surface area contributed by atoms with Gasteiger partial charge in [-0.15, -0.1) is 11.3 Å². The minimum atomic E-state index is 0.176. The average molecular weight is 344 g/mol. The molecule has 1 fully saturated rings. The molecule has 24 heavy (non-hydrogen) atoms. The van der Waals surface area contributed by atoms with Gasteiger partial charge in [0.05, 0.1) is 31.1 Å². The van der Waals surface area contributed by atoms with E-state index < -0.39 is 0 Å². The molecular formula is C16H20N6OS. The number of hydrogen-bond donors (Lipinski definition) is 0. The Morgan fingerprint density at radius 2 is 2.33 bits per heavy atom. The van der Waals surface area contributed by atoms with Crippen molar-refractivity contribution in [2.75, 3.05) is 19.7 Å². The van der Waals surface area contributed by atoms with Crippen LogP contribution in [-0.2, 0) is 24.9 Å². The number of morpholine rings is 1. The number of aromatic nitrogens is 5. The van der Waals surface area contributed by atoms with Crippen LogP contribution in [0.5, 0.6) is 0 Å². The largest absolute Gasteiger partial charge is 0.374 e. The van der Waals surface area contributed by atoms with Gasteiger partial charge in [-0.1, -0.05) is 0 Å². The Morgan fingerprint density at radius 1 is 1.38 bits per heavy atom. The first-order valence-corrected chi connectivity index (χ1v) is 8.89. The van der Waals surface area contributed by atoms with Gasteiger partial charge in [-0.3, -0.25) is 14.3 Å². The van der Waals surface area contributed by atoms with E-state index in [1.807, 2.05) is 36.4 Å². The molecule has 0 radical (unpaired) electrons. The standard InChI is InChI=1S/C16H20N6OS/c1-20-8-13(7-18-20)16-19-14(12-24-16)9-21-5-6-23-15(10-21)11-22-4-2-3-17-22/h2-4,7-8,12,15H,5-6,9-11H2,1H3. The molecule has 4 heterocycles. The van der Waals surface area contributed by atoms with E-state index in [-0.39, 0.29) is 6.10 Å². The van der Waals surface area contributed by atoms with Crippen molar-refractivity contribution in [2.24, 2.45) is 7.05 Å². The Bertz CT molecular complexity index is 780. The summed E-state index contributed by atoms with van der Waals surface area (Å²) in [4.78, 5) is 7.16. The van der Waals surface area contributed by atoms with Crippen LogP contribution < -0.4 is 0 Å². The lowest BCUT2D eigenvalue weighted by Gasteiger charge is -2.32. The number of rotatable bonds is 5. The van der Waals surface area contributed by atoms with Crippen LogP contribution in [0.1, 0.15) is 5.69 Å². The average Bonchev–Trinajstić information content (AvgIpc) is 3.30. The topological polar surface area (TPSA) is 61.0 Å². The highest BCUT2D eigenvalue weighted by atomic mass is 32.1. The Balaban J connectivity index is 1.37. The van der Waals surface area contributed by atoms with Crippen LogP contribution >= 0.6 is 11.3 Å². The predicted molar refractivity (Wildman–Crippen MR) is 91.6 cm³/mol. The van der Waals surface area contributed by atoms with Crippen LogP contribution in [0.3, 0.4) is 0 Å². The minimum Gasteiger partial charge on any atom is -0.374 e. The molecule has 1 unspecified atom stereocenters. The van der Waals surface area contributed by atoms with Gasteiger partial charge in [0, 0.05) is 56.2 Å². The van der Waals surface area contributed by atoms with E-state index in [4.69, 9.17) is 9.72 Å². The second-order valence-corrected chi connectivity index (χ2v) is 6.86. The fourth-order valence-electron chi connectivity index (χ4n) is 2.92. The van der Waals surface area contributed by atoms with Crippen LogP contribution in [0.4, 0.5) is 0 Å². The number of thiazole rings is 1. The van der Waals surface area contributed by atoms with E-state index in [1.165, 1.54) is 0 Å². The zero-order valence-electron chi connectivity index (χ0n) is 13.6. The highest BCUT2D eigenvalue weighted by molar-refractivity contribution is 7.13. The van der Waals surface area contributed by atoms with Gasteiger partial charge in [0.2, 0.25) is 0 Å². The fourth-order valence-corrected chi connectivity index (χ4v) is 3.71. The van der Waals surface area contributed by atoms with E-state index in [0.717, 1.165) is 49.1 Å². The Kier molecular flexibility index (Phi) is 4.42. The first-order chi connectivity index (χ1) is 11.8. The lowest BCUT2D eigenvalue weighted by atomic mass is 10.2. The molecule has 0 amide bonds. The van der Waals surface area contributed by atoms with Gasteiger partial charge in [0.15, 0.2) is 0 Å². The molecule has 7 nitrogen and oxygen atoms in total. The molecule has 3 aromatic rings. The third-order valence-electron chi connectivity index (χ3n) is 4.06. The van der Waals surface area contributed by atoms with E-state index in [0.29, 0.717) is 0 Å². The summed E-state index contributed by atoms with van der Waals surface area (Å²) >= 11 is 1.67. The zero-order chi connectivity index (χ0) is 16.4. The summed E-state index contributed by atoms with van der Waals surface area (Å²) in [5.74, 6) is 0. The van der Waals surface area contributed by atoms with Gasteiger partial charge >= 0.3 is 0 Å². The van der Waals surface area contributed by atoms with Crippen LogP contribution in [-0.4, -0.2) is 55.2 Å². The van der Waals surface area contributed by atoms with Crippen LogP contribution in [0.15, 0.2) is 36.2 Å². The van der Waals surface area contributed by atoms with Crippen LogP contribution in [0.2, 0.25) is 0 Å². The van der Waals surface area contributed by atoms with Crippen molar-refractivity contribution in [3.8, 4) is 10.6 Å². The van der Waals surface area contributed by atoms with Gasteiger partial charge in [-0.25, -0.2) is 4.98 Å². The first kappa shape index (κ1) is 15.5. The van der Waals surface area contributed by atoms with Crippen molar-refractivity contribution in [1.82, 2.24) is 29.4 Å². The van der Waals surface area contributed by atoms with Crippen LogP contribution in [0, 0.1) is 0 Å². The first-order valence-electron chi connectivity index (χ1n) is 8.01.